The molecule has 1 heterocycles. The lowest BCUT2D eigenvalue weighted by Crippen LogP contribution is -2.35. The largest absolute Gasteiger partial charge is 0.444 e. The van der Waals surface area contributed by atoms with E-state index >= 15 is 0 Å². The summed E-state index contributed by atoms with van der Waals surface area (Å²) in [4.78, 5) is 13.8. The Morgan fingerprint density at radius 3 is 2.30 bits per heavy atom. The number of nitrogens with zero attached hydrogens (tertiary/aromatic N) is 1. The van der Waals surface area contributed by atoms with Gasteiger partial charge in [-0.15, -0.1) is 0 Å². The van der Waals surface area contributed by atoms with Crippen LogP contribution in [0, 0.1) is 26.7 Å². The van der Waals surface area contributed by atoms with Gasteiger partial charge in [-0.05, 0) is 64.7 Å². The third kappa shape index (κ3) is 4.47. The van der Waals surface area contributed by atoms with Crippen LogP contribution in [0.15, 0.2) is 12.1 Å². The molecule has 0 saturated carbocycles. The number of rotatable bonds is 2. The van der Waals surface area contributed by atoms with Crippen molar-refractivity contribution in [2.24, 2.45) is 5.92 Å². The highest BCUT2D eigenvalue weighted by Gasteiger charge is 2.36. The minimum absolute atomic E-state index is 0.0580. The molecule has 4 heteroatoms. The number of hydrogen-bond acceptors (Lipinski definition) is 3. The van der Waals surface area contributed by atoms with Crippen molar-refractivity contribution in [1.82, 2.24) is 4.90 Å². The summed E-state index contributed by atoms with van der Waals surface area (Å²) < 4.78 is 5.41. The minimum Gasteiger partial charge on any atom is -0.444 e. The highest BCUT2D eigenvalue weighted by atomic mass is 16.6. The summed E-state index contributed by atoms with van der Waals surface area (Å²) in [7, 11) is 0. The van der Waals surface area contributed by atoms with Crippen LogP contribution in [0.1, 0.15) is 43.0 Å². The van der Waals surface area contributed by atoms with Crippen molar-refractivity contribution in [2.75, 3.05) is 13.1 Å². The molecule has 1 fully saturated rings. The summed E-state index contributed by atoms with van der Waals surface area (Å²) in [6.45, 7) is 12.8. The van der Waals surface area contributed by atoms with Crippen molar-refractivity contribution >= 4 is 6.09 Å². The molecule has 0 aliphatic carbocycles. The number of amides is 1. The minimum atomic E-state index is -0.510. The number of aliphatic hydroxyl groups is 1. The van der Waals surface area contributed by atoms with Gasteiger partial charge in [0.2, 0.25) is 0 Å². The smallest absolute Gasteiger partial charge is 0.410 e. The van der Waals surface area contributed by atoms with Crippen molar-refractivity contribution in [2.45, 2.75) is 59.7 Å². The van der Waals surface area contributed by atoms with Crippen LogP contribution in [-0.4, -0.2) is 40.9 Å². The maximum absolute atomic E-state index is 12.2. The molecule has 23 heavy (non-hydrogen) atoms. The average Bonchev–Trinajstić information content (AvgIpc) is 2.73. The molecule has 2 rings (SSSR count). The number of hydrogen-bond donors (Lipinski definition) is 1. The van der Waals surface area contributed by atoms with Crippen LogP contribution in [0.3, 0.4) is 0 Å². The molecule has 0 radical (unpaired) electrons. The third-order valence-electron chi connectivity index (χ3n) is 4.36. The first kappa shape index (κ1) is 17.8. The van der Waals surface area contributed by atoms with E-state index in [1.54, 1.807) is 4.90 Å². The molecule has 4 nitrogen and oxygen atoms in total. The van der Waals surface area contributed by atoms with E-state index in [1.165, 1.54) is 22.3 Å². The summed E-state index contributed by atoms with van der Waals surface area (Å²) in [6.07, 6.45) is -0.0441. The van der Waals surface area contributed by atoms with E-state index in [0.717, 1.165) is 6.42 Å². The number of benzene rings is 1. The number of carbonyl (C=O) groups is 1. The van der Waals surface area contributed by atoms with Crippen LogP contribution in [0.25, 0.3) is 0 Å². The lowest BCUT2D eigenvalue weighted by Gasteiger charge is -2.24. The summed E-state index contributed by atoms with van der Waals surface area (Å²) in [5, 5.41) is 10.4. The number of aliphatic hydroxyl groups excluding tert-OH is 1. The summed E-state index contributed by atoms with van der Waals surface area (Å²) >= 11 is 0. The first-order chi connectivity index (χ1) is 10.6. The van der Waals surface area contributed by atoms with Gasteiger partial charge in [0.05, 0.1) is 12.6 Å². The summed E-state index contributed by atoms with van der Waals surface area (Å²) in [5.74, 6) is 0.0580. The maximum atomic E-state index is 12.2. The molecule has 0 spiro atoms. The second-order valence-corrected chi connectivity index (χ2v) is 7.79. The predicted molar refractivity (Wildman–Crippen MR) is 91.7 cm³/mol. The molecule has 1 saturated heterocycles. The van der Waals surface area contributed by atoms with Crippen LogP contribution < -0.4 is 0 Å². The Kier molecular flexibility index (Phi) is 5.04. The molecule has 1 aliphatic rings. The Labute approximate surface area is 139 Å². The number of carbonyl (C=O) groups excluding carboxylic acids is 1. The summed E-state index contributed by atoms with van der Waals surface area (Å²) in [5.41, 5.74) is 4.54. The fourth-order valence-electron chi connectivity index (χ4n) is 3.32. The molecular formula is C19H29NO3. The monoisotopic (exact) mass is 319 g/mol. The molecule has 1 aliphatic heterocycles. The van der Waals surface area contributed by atoms with Gasteiger partial charge in [-0.3, -0.25) is 0 Å². The van der Waals surface area contributed by atoms with Gasteiger partial charge in [-0.2, -0.15) is 0 Å². The quantitative estimate of drug-likeness (QED) is 0.909. The molecule has 0 bridgehead atoms. The Balaban J connectivity index is 2.07. The SMILES string of the molecule is Cc1cc(C)c(C[C@H]2CN(C(=O)OC(C)(C)C)C[C@@H]2O)c(C)c1. The number of ether oxygens (including phenoxy) is 1. The Bertz CT molecular complexity index is 566. The van der Waals surface area contributed by atoms with Crippen molar-refractivity contribution in [1.29, 1.82) is 0 Å². The zero-order chi connectivity index (χ0) is 17.4. The third-order valence-corrected chi connectivity index (χ3v) is 4.36. The number of β-amino-alcohol motifs (C(OH)–C–C–N with tert-alkyl or cyclic N) is 1. The Morgan fingerprint density at radius 2 is 1.78 bits per heavy atom. The second kappa shape index (κ2) is 6.52. The van der Waals surface area contributed by atoms with E-state index in [-0.39, 0.29) is 12.0 Å². The number of aryl methyl sites for hydroxylation is 3. The topological polar surface area (TPSA) is 49.8 Å². The lowest BCUT2D eigenvalue weighted by molar-refractivity contribution is 0.0269. The fraction of sp³-hybridized carbons (Fsp3) is 0.632. The van der Waals surface area contributed by atoms with Crippen LogP contribution in [0.4, 0.5) is 4.79 Å². The van der Waals surface area contributed by atoms with Gasteiger partial charge in [0.15, 0.2) is 0 Å². The lowest BCUT2D eigenvalue weighted by atomic mass is 9.90. The second-order valence-electron chi connectivity index (χ2n) is 7.79. The molecule has 1 amide bonds. The van der Waals surface area contributed by atoms with Crippen molar-refractivity contribution < 1.29 is 14.6 Å². The van der Waals surface area contributed by atoms with Crippen LogP contribution in [-0.2, 0) is 11.2 Å². The van der Waals surface area contributed by atoms with Crippen molar-refractivity contribution in [3.8, 4) is 0 Å². The van der Waals surface area contributed by atoms with Gasteiger partial charge in [0.25, 0.3) is 0 Å². The Morgan fingerprint density at radius 1 is 1.22 bits per heavy atom. The van der Waals surface area contributed by atoms with Gasteiger partial charge >= 0.3 is 6.09 Å². The van der Waals surface area contributed by atoms with Gasteiger partial charge in [0.1, 0.15) is 5.60 Å². The summed E-state index contributed by atoms with van der Waals surface area (Å²) in [6, 6.07) is 4.35. The first-order valence-electron chi connectivity index (χ1n) is 8.29. The molecule has 128 valence electrons. The predicted octanol–water partition coefficient (Wildman–Crippen LogP) is 3.38. The fourth-order valence-corrected chi connectivity index (χ4v) is 3.32. The van der Waals surface area contributed by atoms with E-state index in [9.17, 15) is 9.90 Å². The molecular weight excluding hydrogens is 290 g/mol. The van der Waals surface area contributed by atoms with Crippen LogP contribution >= 0.6 is 0 Å². The first-order valence-corrected chi connectivity index (χ1v) is 8.29. The molecule has 2 atom stereocenters. The van der Waals surface area contributed by atoms with Crippen molar-refractivity contribution in [3.63, 3.8) is 0 Å². The molecule has 0 unspecified atom stereocenters. The van der Waals surface area contributed by atoms with Gasteiger partial charge in [0, 0.05) is 12.5 Å². The van der Waals surface area contributed by atoms with Gasteiger partial charge in [-0.1, -0.05) is 17.7 Å². The van der Waals surface area contributed by atoms with Crippen LogP contribution in [0.5, 0.6) is 0 Å². The van der Waals surface area contributed by atoms with E-state index in [1.807, 2.05) is 20.8 Å². The van der Waals surface area contributed by atoms with E-state index in [4.69, 9.17) is 4.74 Å². The standard InChI is InChI=1S/C19H29NO3/c1-12-7-13(2)16(14(3)8-12)9-15-10-20(11-17(15)21)18(22)23-19(4,5)6/h7-8,15,17,21H,9-11H2,1-6H3/t15-,17-/m0/s1. The van der Waals surface area contributed by atoms with E-state index in [0.29, 0.717) is 13.1 Å². The van der Waals surface area contributed by atoms with Gasteiger partial charge in [-0.25, -0.2) is 4.79 Å². The van der Waals surface area contributed by atoms with Crippen molar-refractivity contribution in [3.05, 3.63) is 34.4 Å². The normalized spacial score (nSPS) is 21.6. The van der Waals surface area contributed by atoms with Crippen LogP contribution in [0.2, 0.25) is 0 Å². The molecule has 0 aromatic heterocycles. The number of likely N-dealkylation sites (tertiary alicyclic amines) is 1. The van der Waals surface area contributed by atoms with Gasteiger partial charge < -0.3 is 14.7 Å². The highest BCUT2D eigenvalue weighted by Crippen LogP contribution is 2.27. The zero-order valence-electron chi connectivity index (χ0n) is 15.1. The van der Waals surface area contributed by atoms with E-state index < -0.39 is 11.7 Å². The highest BCUT2D eigenvalue weighted by molar-refractivity contribution is 5.68. The molecule has 1 aromatic rings. The molecule has 1 N–H and O–H groups in total. The Hall–Kier alpha value is -1.55. The van der Waals surface area contributed by atoms with E-state index in [2.05, 4.69) is 32.9 Å². The molecule has 1 aromatic carbocycles. The maximum Gasteiger partial charge on any atom is 0.410 e. The zero-order valence-corrected chi connectivity index (χ0v) is 15.1. The average molecular weight is 319 g/mol.